The summed E-state index contributed by atoms with van der Waals surface area (Å²) >= 11 is 0. The molecule has 1 unspecified atom stereocenters. The fraction of sp³-hybridized carbons (Fsp3) is 0.357. The first-order valence-electron chi connectivity index (χ1n) is 6.48. The summed E-state index contributed by atoms with van der Waals surface area (Å²) in [5.41, 5.74) is 0.569. The van der Waals surface area contributed by atoms with Gasteiger partial charge in [0.1, 0.15) is 18.5 Å². The minimum atomic E-state index is -0.659. The predicted octanol–water partition coefficient (Wildman–Crippen LogP) is 0.779. The van der Waals surface area contributed by atoms with E-state index in [-0.39, 0.29) is 6.61 Å². The van der Waals surface area contributed by atoms with Crippen molar-refractivity contribution in [1.29, 1.82) is 5.26 Å². The molecule has 2 N–H and O–H groups in total. The molecule has 1 atom stereocenters. The number of hydrogen-bond acceptors (Lipinski definition) is 7. The molecule has 0 saturated carbocycles. The van der Waals surface area contributed by atoms with Crippen LogP contribution in [0.4, 0.5) is 0 Å². The van der Waals surface area contributed by atoms with Crippen LogP contribution in [0.15, 0.2) is 28.8 Å². The van der Waals surface area contributed by atoms with Gasteiger partial charge in [0, 0.05) is 13.5 Å². The molecule has 0 fully saturated rings. The average molecular weight is 288 g/mol. The van der Waals surface area contributed by atoms with E-state index in [1.165, 1.54) is 0 Å². The number of aromatic nitrogens is 2. The highest BCUT2D eigenvalue weighted by Crippen LogP contribution is 2.11. The van der Waals surface area contributed by atoms with Gasteiger partial charge in [-0.15, -0.1) is 0 Å². The lowest BCUT2D eigenvalue weighted by molar-refractivity contribution is 0.106. The number of nitrogens with zero attached hydrogens (tertiary/aromatic N) is 3. The first-order valence-corrected chi connectivity index (χ1v) is 6.48. The third-order valence-corrected chi connectivity index (χ3v) is 2.66. The summed E-state index contributed by atoms with van der Waals surface area (Å²) in [6.07, 6.45) is -0.659. The monoisotopic (exact) mass is 288 g/mol. The van der Waals surface area contributed by atoms with Gasteiger partial charge >= 0.3 is 0 Å². The van der Waals surface area contributed by atoms with E-state index in [1.807, 2.05) is 6.07 Å². The van der Waals surface area contributed by atoms with Crippen molar-refractivity contribution in [2.75, 3.05) is 13.2 Å². The minimum absolute atomic E-state index is 0.157. The van der Waals surface area contributed by atoms with Gasteiger partial charge in [-0.05, 0) is 24.3 Å². The Hall–Kier alpha value is -2.43. The molecule has 0 radical (unpaired) electrons. The van der Waals surface area contributed by atoms with E-state index in [1.54, 1.807) is 31.2 Å². The maximum Gasteiger partial charge on any atom is 0.223 e. The van der Waals surface area contributed by atoms with Crippen molar-refractivity contribution in [3.05, 3.63) is 41.5 Å². The lowest BCUT2D eigenvalue weighted by Crippen LogP contribution is -2.31. The summed E-state index contributed by atoms with van der Waals surface area (Å²) in [6, 6.07) is 8.75. The van der Waals surface area contributed by atoms with Crippen LogP contribution in [0.3, 0.4) is 0 Å². The highest BCUT2D eigenvalue weighted by Gasteiger charge is 2.07. The van der Waals surface area contributed by atoms with Gasteiger partial charge in [0.05, 0.1) is 18.2 Å². The Balaban J connectivity index is 1.67. The van der Waals surface area contributed by atoms with Gasteiger partial charge in [0.2, 0.25) is 5.89 Å². The zero-order valence-corrected chi connectivity index (χ0v) is 11.6. The van der Waals surface area contributed by atoms with Gasteiger partial charge in [-0.1, -0.05) is 5.16 Å². The van der Waals surface area contributed by atoms with E-state index in [4.69, 9.17) is 14.5 Å². The van der Waals surface area contributed by atoms with Gasteiger partial charge in [0.25, 0.3) is 0 Å². The van der Waals surface area contributed by atoms with Crippen LogP contribution >= 0.6 is 0 Å². The molecular formula is C14H16N4O3. The van der Waals surface area contributed by atoms with Gasteiger partial charge in [-0.3, -0.25) is 0 Å². The van der Waals surface area contributed by atoms with Gasteiger partial charge in [-0.25, -0.2) is 0 Å². The zero-order chi connectivity index (χ0) is 15.1. The number of aliphatic hydroxyl groups excluding tert-OH is 1. The van der Waals surface area contributed by atoms with Crippen molar-refractivity contribution in [3.63, 3.8) is 0 Å². The van der Waals surface area contributed by atoms with Gasteiger partial charge in [-0.2, -0.15) is 10.2 Å². The largest absolute Gasteiger partial charge is 0.491 e. The minimum Gasteiger partial charge on any atom is -0.491 e. The number of hydrogen-bond donors (Lipinski definition) is 2. The molecule has 110 valence electrons. The predicted molar refractivity (Wildman–Crippen MR) is 73.4 cm³/mol. The maximum atomic E-state index is 9.79. The number of nitriles is 1. The molecule has 0 bridgehead atoms. The summed E-state index contributed by atoms with van der Waals surface area (Å²) < 4.78 is 10.3. The number of rotatable bonds is 7. The van der Waals surface area contributed by atoms with Crippen molar-refractivity contribution >= 4 is 0 Å². The molecule has 21 heavy (non-hydrogen) atoms. The first-order chi connectivity index (χ1) is 10.2. The van der Waals surface area contributed by atoms with Crippen LogP contribution < -0.4 is 10.1 Å². The van der Waals surface area contributed by atoms with E-state index >= 15 is 0 Å². The molecule has 0 aliphatic rings. The van der Waals surface area contributed by atoms with Crippen LogP contribution in [0.25, 0.3) is 0 Å². The lowest BCUT2D eigenvalue weighted by Gasteiger charge is -2.12. The third kappa shape index (κ3) is 4.87. The lowest BCUT2D eigenvalue weighted by atomic mass is 10.2. The first kappa shape index (κ1) is 15.0. The number of ether oxygens (including phenoxy) is 1. The van der Waals surface area contributed by atoms with Gasteiger partial charge < -0.3 is 19.7 Å². The van der Waals surface area contributed by atoms with Crippen LogP contribution in [0.1, 0.15) is 17.3 Å². The van der Waals surface area contributed by atoms with E-state index in [0.29, 0.717) is 36.1 Å². The Morgan fingerprint density at radius 3 is 2.81 bits per heavy atom. The summed E-state index contributed by atoms with van der Waals surface area (Å²) in [5, 5.41) is 25.2. The summed E-state index contributed by atoms with van der Waals surface area (Å²) in [6.45, 7) is 2.65. The van der Waals surface area contributed by atoms with E-state index in [9.17, 15) is 5.11 Å². The standard InChI is InChI=1S/C14H16N4O3/c1-10-17-14(18-21-10)8-16-7-12(19)9-20-13-4-2-11(6-15)3-5-13/h2-5,12,16,19H,7-9H2,1H3. The molecule has 2 rings (SSSR count). The Morgan fingerprint density at radius 1 is 1.43 bits per heavy atom. The van der Waals surface area contributed by atoms with Crippen LogP contribution in [0, 0.1) is 18.3 Å². The molecule has 0 aliphatic heterocycles. The third-order valence-electron chi connectivity index (χ3n) is 2.66. The van der Waals surface area contributed by atoms with Crippen molar-refractivity contribution in [2.45, 2.75) is 19.6 Å². The fourth-order valence-corrected chi connectivity index (χ4v) is 1.64. The molecule has 7 heteroatoms. The number of benzene rings is 1. The van der Waals surface area contributed by atoms with Crippen molar-refractivity contribution in [1.82, 2.24) is 15.5 Å². The highest BCUT2D eigenvalue weighted by molar-refractivity contribution is 5.34. The Bertz CT molecular complexity index is 603. The maximum absolute atomic E-state index is 9.79. The zero-order valence-electron chi connectivity index (χ0n) is 11.6. The smallest absolute Gasteiger partial charge is 0.223 e. The molecule has 1 aromatic carbocycles. The summed E-state index contributed by atoms with van der Waals surface area (Å²) in [5.74, 6) is 1.67. The average Bonchev–Trinajstić information content (AvgIpc) is 2.91. The van der Waals surface area contributed by atoms with E-state index < -0.39 is 6.10 Å². The number of nitrogens with one attached hydrogen (secondary N) is 1. The van der Waals surface area contributed by atoms with Crippen LogP contribution in [-0.4, -0.2) is 34.5 Å². The normalized spacial score (nSPS) is 11.9. The van der Waals surface area contributed by atoms with Crippen molar-refractivity contribution in [3.8, 4) is 11.8 Å². The second-order valence-electron chi connectivity index (χ2n) is 4.46. The molecule has 0 amide bonds. The van der Waals surface area contributed by atoms with E-state index in [2.05, 4.69) is 15.5 Å². The molecule has 0 aliphatic carbocycles. The number of aliphatic hydroxyl groups is 1. The Morgan fingerprint density at radius 2 is 2.19 bits per heavy atom. The molecule has 0 spiro atoms. The van der Waals surface area contributed by atoms with Gasteiger partial charge in [0.15, 0.2) is 5.82 Å². The second-order valence-corrected chi connectivity index (χ2v) is 4.46. The molecule has 2 aromatic rings. The van der Waals surface area contributed by atoms with E-state index in [0.717, 1.165) is 0 Å². The van der Waals surface area contributed by atoms with Crippen LogP contribution in [0.2, 0.25) is 0 Å². The fourth-order valence-electron chi connectivity index (χ4n) is 1.64. The molecule has 1 aromatic heterocycles. The van der Waals surface area contributed by atoms with Crippen molar-refractivity contribution < 1.29 is 14.4 Å². The Kier molecular flexibility index (Phi) is 5.26. The molecular weight excluding hydrogens is 272 g/mol. The van der Waals surface area contributed by atoms with Crippen LogP contribution in [0.5, 0.6) is 5.75 Å². The topological polar surface area (TPSA) is 104 Å². The quantitative estimate of drug-likeness (QED) is 0.775. The summed E-state index contributed by atoms with van der Waals surface area (Å²) in [7, 11) is 0. The Labute approximate surface area is 122 Å². The molecule has 1 heterocycles. The SMILES string of the molecule is Cc1nc(CNCC(O)COc2ccc(C#N)cc2)no1. The summed E-state index contributed by atoms with van der Waals surface area (Å²) in [4.78, 5) is 4.04. The van der Waals surface area contributed by atoms with Crippen LogP contribution in [-0.2, 0) is 6.54 Å². The molecule has 0 saturated heterocycles. The van der Waals surface area contributed by atoms with Crippen molar-refractivity contribution in [2.24, 2.45) is 0 Å². The highest BCUT2D eigenvalue weighted by atomic mass is 16.5. The molecule has 7 nitrogen and oxygen atoms in total. The second kappa shape index (κ2) is 7.38. The number of aryl methyl sites for hydroxylation is 1.